The minimum absolute atomic E-state index is 0.274. The van der Waals surface area contributed by atoms with Crippen LogP contribution in [-0.2, 0) is 25.6 Å². The smallest absolute Gasteiger partial charge is 0.408 e. The maximum atomic E-state index is 13.8. The van der Waals surface area contributed by atoms with Crippen LogP contribution in [-0.4, -0.2) is 72.2 Å². The van der Waals surface area contributed by atoms with E-state index in [0.29, 0.717) is 31.8 Å². The lowest BCUT2D eigenvalue weighted by molar-refractivity contribution is -0.156. The number of hydrogen-bond donors (Lipinski definition) is 1. The summed E-state index contributed by atoms with van der Waals surface area (Å²) in [5, 5.41) is 2.81. The van der Waals surface area contributed by atoms with Crippen LogP contribution in [0, 0.1) is 5.92 Å². The minimum Gasteiger partial charge on any atom is -0.467 e. The molecule has 0 spiro atoms. The normalized spacial score (nSPS) is 21.8. The standard InChI is InChI=1S/C28H41N3O5/c1-20-13-15-31(24(16-20)26(33)35-5)25(32)23(29-27(34)36-28(2,3)4)17-22-12-9-14-30(19-22)18-21-10-7-6-8-11-21/h6-8,10-12,20,23-24H,9,13-19H2,1-5H3,(H,29,34)/t20-,23+,24-/m1/s1. The van der Waals surface area contributed by atoms with Gasteiger partial charge in [-0.05, 0) is 57.9 Å². The molecule has 0 radical (unpaired) electrons. The maximum absolute atomic E-state index is 13.8. The summed E-state index contributed by atoms with van der Waals surface area (Å²) in [5.74, 6) is -0.385. The van der Waals surface area contributed by atoms with Gasteiger partial charge in [-0.1, -0.05) is 48.9 Å². The first-order chi connectivity index (χ1) is 17.1. The second-order valence-corrected chi connectivity index (χ2v) is 11.0. The summed E-state index contributed by atoms with van der Waals surface area (Å²) in [5.41, 5.74) is 1.64. The van der Waals surface area contributed by atoms with Crippen LogP contribution < -0.4 is 5.32 Å². The molecule has 0 aliphatic carbocycles. The van der Waals surface area contributed by atoms with Crippen molar-refractivity contribution in [3.8, 4) is 0 Å². The van der Waals surface area contributed by atoms with Gasteiger partial charge in [0, 0.05) is 26.2 Å². The number of likely N-dealkylation sites (tertiary alicyclic amines) is 1. The van der Waals surface area contributed by atoms with Crippen molar-refractivity contribution in [1.29, 1.82) is 0 Å². The molecule has 2 aliphatic heterocycles. The molecule has 1 saturated heterocycles. The Labute approximate surface area is 215 Å². The molecule has 1 fully saturated rings. The van der Waals surface area contributed by atoms with Crippen molar-refractivity contribution in [2.75, 3.05) is 26.7 Å². The number of carbonyl (C=O) groups is 3. The van der Waals surface area contributed by atoms with E-state index in [0.717, 1.165) is 31.5 Å². The van der Waals surface area contributed by atoms with Gasteiger partial charge in [0.05, 0.1) is 7.11 Å². The zero-order chi connectivity index (χ0) is 26.3. The number of carbonyl (C=O) groups excluding carboxylic acids is 3. The summed E-state index contributed by atoms with van der Waals surface area (Å²) in [6.07, 6.45) is 4.11. The third-order valence-corrected chi connectivity index (χ3v) is 6.63. The SMILES string of the molecule is COC(=O)[C@H]1C[C@H](C)CCN1C(=O)[C@H](CC1=CCCN(Cc2ccccc2)C1)NC(=O)OC(C)(C)C. The summed E-state index contributed by atoms with van der Waals surface area (Å²) < 4.78 is 10.5. The highest BCUT2D eigenvalue weighted by atomic mass is 16.6. The molecule has 2 heterocycles. The lowest BCUT2D eigenvalue weighted by Gasteiger charge is -2.39. The first kappa shape index (κ1) is 27.7. The fourth-order valence-electron chi connectivity index (χ4n) is 4.88. The number of esters is 1. The number of nitrogens with one attached hydrogen (secondary N) is 1. The minimum atomic E-state index is -0.830. The molecule has 198 valence electrons. The van der Waals surface area contributed by atoms with Crippen LogP contribution in [0.3, 0.4) is 0 Å². The molecule has 8 nitrogen and oxygen atoms in total. The third kappa shape index (κ3) is 8.08. The quantitative estimate of drug-likeness (QED) is 0.452. The van der Waals surface area contributed by atoms with E-state index < -0.39 is 29.7 Å². The van der Waals surface area contributed by atoms with Crippen LogP contribution in [0.4, 0.5) is 4.79 Å². The fraction of sp³-hybridized carbons (Fsp3) is 0.607. The van der Waals surface area contributed by atoms with E-state index in [1.54, 1.807) is 25.7 Å². The molecule has 3 rings (SSSR count). The van der Waals surface area contributed by atoms with Crippen molar-refractivity contribution in [3.05, 3.63) is 47.5 Å². The number of nitrogens with zero attached hydrogens (tertiary/aromatic N) is 2. The molecule has 0 aromatic heterocycles. The van der Waals surface area contributed by atoms with Crippen molar-refractivity contribution in [2.45, 2.75) is 77.6 Å². The molecule has 2 amide bonds. The summed E-state index contributed by atoms with van der Waals surface area (Å²) in [7, 11) is 1.34. The van der Waals surface area contributed by atoms with Crippen LogP contribution in [0.2, 0.25) is 0 Å². The molecule has 0 unspecified atom stereocenters. The average Bonchev–Trinajstić information content (AvgIpc) is 2.82. The van der Waals surface area contributed by atoms with Crippen LogP contribution in [0.5, 0.6) is 0 Å². The van der Waals surface area contributed by atoms with E-state index >= 15 is 0 Å². The van der Waals surface area contributed by atoms with Crippen molar-refractivity contribution in [2.24, 2.45) is 5.92 Å². The molecule has 0 bridgehead atoms. The number of ether oxygens (including phenoxy) is 2. The second-order valence-electron chi connectivity index (χ2n) is 11.0. The van der Waals surface area contributed by atoms with E-state index in [1.807, 2.05) is 18.2 Å². The Kier molecular flexibility index (Phi) is 9.54. The highest BCUT2D eigenvalue weighted by Crippen LogP contribution is 2.26. The van der Waals surface area contributed by atoms with Crippen molar-refractivity contribution in [1.82, 2.24) is 15.1 Å². The highest BCUT2D eigenvalue weighted by Gasteiger charge is 2.39. The predicted molar refractivity (Wildman–Crippen MR) is 138 cm³/mol. The lowest BCUT2D eigenvalue weighted by Crippen LogP contribution is -2.57. The van der Waals surface area contributed by atoms with Crippen LogP contribution >= 0.6 is 0 Å². The molecule has 1 aromatic carbocycles. The summed E-state index contributed by atoms with van der Waals surface area (Å²) >= 11 is 0. The van der Waals surface area contributed by atoms with Gasteiger partial charge in [-0.3, -0.25) is 9.69 Å². The summed E-state index contributed by atoms with van der Waals surface area (Å²) in [6, 6.07) is 8.82. The zero-order valence-corrected chi connectivity index (χ0v) is 22.3. The Morgan fingerprint density at radius 3 is 2.53 bits per heavy atom. The van der Waals surface area contributed by atoms with Gasteiger partial charge in [0.1, 0.15) is 17.7 Å². The van der Waals surface area contributed by atoms with Crippen molar-refractivity contribution >= 4 is 18.0 Å². The predicted octanol–water partition coefficient (Wildman–Crippen LogP) is 3.90. The molecule has 1 N–H and O–H groups in total. The van der Waals surface area contributed by atoms with Gasteiger partial charge in [-0.2, -0.15) is 0 Å². The Balaban J connectivity index is 1.76. The molecular formula is C28H41N3O5. The number of amides is 2. The number of piperidine rings is 1. The highest BCUT2D eigenvalue weighted by molar-refractivity contribution is 5.90. The molecule has 36 heavy (non-hydrogen) atoms. The Morgan fingerprint density at radius 1 is 1.14 bits per heavy atom. The first-order valence-corrected chi connectivity index (χ1v) is 12.9. The molecule has 8 heteroatoms. The molecule has 3 atom stereocenters. The van der Waals surface area contributed by atoms with Gasteiger partial charge in [0.25, 0.3) is 0 Å². The zero-order valence-electron chi connectivity index (χ0n) is 22.3. The van der Waals surface area contributed by atoms with Crippen LogP contribution in [0.15, 0.2) is 42.0 Å². The molecule has 1 aromatic rings. The number of alkyl carbamates (subject to hydrolysis) is 1. The van der Waals surface area contributed by atoms with Crippen LogP contribution in [0.1, 0.15) is 58.9 Å². The van der Waals surface area contributed by atoms with E-state index in [4.69, 9.17) is 9.47 Å². The number of hydrogen-bond acceptors (Lipinski definition) is 6. The topological polar surface area (TPSA) is 88.2 Å². The number of rotatable bonds is 7. The molecular weight excluding hydrogens is 458 g/mol. The van der Waals surface area contributed by atoms with Crippen LogP contribution in [0.25, 0.3) is 0 Å². The van der Waals surface area contributed by atoms with Gasteiger partial charge < -0.3 is 19.7 Å². The van der Waals surface area contributed by atoms with E-state index in [2.05, 4.69) is 35.3 Å². The number of benzene rings is 1. The maximum Gasteiger partial charge on any atom is 0.408 e. The van der Waals surface area contributed by atoms with Gasteiger partial charge in [-0.15, -0.1) is 0 Å². The molecule has 2 aliphatic rings. The Bertz CT molecular complexity index is 940. The van der Waals surface area contributed by atoms with Crippen molar-refractivity contribution in [3.63, 3.8) is 0 Å². The Morgan fingerprint density at radius 2 is 1.86 bits per heavy atom. The van der Waals surface area contributed by atoms with E-state index in [9.17, 15) is 14.4 Å². The second kappa shape index (κ2) is 12.4. The summed E-state index contributed by atoms with van der Waals surface area (Å²) in [6.45, 7) is 10.4. The van der Waals surface area contributed by atoms with Crippen molar-refractivity contribution < 1.29 is 23.9 Å². The third-order valence-electron chi connectivity index (χ3n) is 6.63. The average molecular weight is 500 g/mol. The van der Waals surface area contributed by atoms with Gasteiger partial charge in [0.2, 0.25) is 5.91 Å². The van der Waals surface area contributed by atoms with E-state index in [1.165, 1.54) is 12.7 Å². The van der Waals surface area contributed by atoms with Gasteiger partial charge in [-0.25, -0.2) is 9.59 Å². The molecule has 0 saturated carbocycles. The van der Waals surface area contributed by atoms with Gasteiger partial charge >= 0.3 is 12.1 Å². The number of methoxy groups -OCH3 is 1. The first-order valence-electron chi connectivity index (χ1n) is 12.9. The van der Waals surface area contributed by atoms with E-state index in [-0.39, 0.29) is 5.91 Å². The lowest BCUT2D eigenvalue weighted by atomic mass is 9.91. The van der Waals surface area contributed by atoms with Gasteiger partial charge in [0.15, 0.2) is 0 Å². The summed E-state index contributed by atoms with van der Waals surface area (Å²) in [4.78, 5) is 42.9. The Hall–Kier alpha value is -2.87. The monoisotopic (exact) mass is 499 g/mol. The fourth-order valence-corrected chi connectivity index (χ4v) is 4.88. The largest absolute Gasteiger partial charge is 0.467 e.